The van der Waals surface area contributed by atoms with E-state index in [-0.39, 0.29) is 35.6 Å². The zero-order valence-electron chi connectivity index (χ0n) is 14.9. The monoisotopic (exact) mass is 364 g/mol. The molecular weight excluding hydrogens is 340 g/mol. The number of amides is 3. The van der Waals surface area contributed by atoms with Crippen LogP contribution >= 0.6 is 11.8 Å². The van der Waals surface area contributed by atoms with Crippen molar-refractivity contribution < 1.29 is 14.3 Å². The van der Waals surface area contributed by atoms with Crippen molar-refractivity contribution in [1.82, 2.24) is 20.4 Å². The van der Waals surface area contributed by atoms with Crippen LogP contribution in [0.15, 0.2) is 24.3 Å². The second kappa shape index (κ2) is 7.23. The molecule has 4 atom stereocenters. The van der Waals surface area contributed by atoms with Crippen LogP contribution in [0.25, 0.3) is 0 Å². The lowest BCUT2D eigenvalue weighted by atomic mass is 9.96. The molecular formula is C17H24N4O3S. The van der Waals surface area contributed by atoms with E-state index in [1.54, 1.807) is 23.7 Å². The highest BCUT2D eigenvalue weighted by atomic mass is 32.2. The van der Waals surface area contributed by atoms with Crippen LogP contribution in [-0.4, -0.2) is 60.2 Å². The Morgan fingerprint density at radius 3 is 2.44 bits per heavy atom. The molecule has 2 aliphatic heterocycles. The quantitative estimate of drug-likeness (QED) is 0.842. The fraction of sp³-hybridized carbons (Fsp3) is 0.529. The lowest BCUT2D eigenvalue weighted by Gasteiger charge is -2.50. The Morgan fingerprint density at radius 1 is 1.16 bits per heavy atom. The molecule has 2 heterocycles. The molecule has 0 aliphatic carbocycles. The van der Waals surface area contributed by atoms with E-state index in [1.807, 2.05) is 37.4 Å². The predicted octanol–water partition coefficient (Wildman–Crippen LogP) is 1.43. The molecule has 7 nitrogen and oxygen atoms in total. The van der Waals surface area contributed by atoms with Crippen LogP contribution in [-0.2, 0) is 4.79 Å². The molecule has 3 amide bonds. The van der Waals surface area contributed by atoms with E-state index in [9.17, 15) is 9.59 Å². The molecule has 2 saturated heterocycles. The van der Waals surface area contributed by atoms with Crippen molar-refractivity contribution in [3.8, 4) is 5.75 Å². The number of thioether (sulfide) groups is 1. The fourth-order valence-electron chi connectivity index (χ4n) is 3.38. The molecule has 1 aromatic rings. The molecule has 3 rings (SSSR count). The van der Waals surface area contributed by atoms with Gasteiger partial charge in [0.25, 0.3) is 0 Å². The summed E-state index contributed by atoms with van der Waals surface area (Å²) >= 11 is 1.59. The SMILES string of the molecule is CCOc1ccc(C2NC(SC)C3C(=O)N(C)C(=O)N(C)C3N2)cc1. The first-order chi connectivity index (χ1) is 12.0. The summed E-state index contributed by atoms with van der Waals surface area (Å²) in [7, 11) is 3.27. The van der Waals surface area contributed by atoms with Crippen LogP contribution in [0.2, 0.25) is 0 Å². The van der Waals surface area contributed by atoms with Crippen LogP contribution in [0.3, 0.4) is 0 Å². The zero-order valence-corrected chi connectivity index (χ0v) is 15.7. The number of hydrogen-bond acceptors (Lipinski definition) is 6. The van der Waals surface area contributed by atoms with Gasteiger partial charge in [-0.2, -0.15) is 0 Å². The summed E-state index contributed by atoms with van der Waals surface area (Å²) < 4.78 is 5.49. The van der Waals surface area contributed by atoms with E-state index >= 15 is 0 Å². The fourth-order valence-corrected chi connectivity index (χ4v) is 4.21. The van der Waals surface area contributed by atoms with Gasteiger partial charge in [-0.15, -0.1) is 11.8 Å². The second-order valence-electron chi connectivity index (χ2n) is 6.19. The summed E-state index contributed by atoms with van der Waals surface area (Å²) in [5.74, 6) is 0.336. The molecule has 2 N–H and O–H groups in total. The third-order valence-electron chi connectivity index (χ3n) is 4.73. The largest absolute Gasteiger partial charge is 0.494 e. The first-order valence-electron chi connectivity index (χ1n) is 8.30. The van der Waals surface area contributed by atoms with E-state index in [0.717, 1.165) is 11.3 Å². The number of urea groups is 1. The predicted molar refractivity (Wildman–Crippen MR) is 97.1 cm³/mol. The van der Waals surface area contributed by atoms with Crippen LogP contribution in [0.4, 0.5) is 4.79 Å². The number of carbonyl (C=O) groups is 2. The number of nitrogens with one attached hydrogen (secondary N) is 2. The van der Waals surface area contributed by atoms with Gasteiger partial charge < -0.3 is 9.64 Å². The van der Waals surface area contributed by atoms with Gasteiger partial charge in [-0.05, 0) is 30.9 Å². The Morgan fingerprint density at radius 2 is 1.84 bits per heavy atom. The van der Waals surface area contributed by atoms with Crippen molar-refractivity contribution in [2.45, 2.75) is 24.6 Å². The summed E-state index contributed by atoms with van der Waals surface area (Å²) in [6.07, 6.45) is 1.48. The standard InChI is InChI=1S/C17H24N4O3S/c1-5-24-11-8-6-10(7-9-11)13-18-14-12(15(19-13)25-4)16(22)21(3)17(23)20(14)2/h6-9,12-15,18-19H,5H2,1-4H3. The van der Waals surface area contributed by atoms with E-state index in [2.05, 4.69) is 10.6 Å². The molecule has 25 heavy (non-hydrogen) atoms. The van der Waals surface area contributed by atoms with E-state index < -0.39 is 0 Å². The van der Waals surface area contributed by atoms with Crippen molar-refractivity contribution in [2.75, 3.05) is 27.0 Å². The molecule has 1 aromatic carbocycles. The molecule has 0 bridgehead atoms. The van der Waals surface area contributed by atoms with Crippen molar-refractivity contribution in [3.63, 3.8) is 0 Å². The Labute approximate surface area is 152 Å². The lowest BCUT2D eigenvalue weighted by molar-refractivity contribution is -0.140. The maximum Gasteiger partial charge on any atom is 0.327 e. The highest BCUT2D eigenvalue weighted by molar-refractivity contribution is 7.99. The number of carbonyl (C=O) groups excluding carboxylic acids is 2. The number of fused-ring (bicyclic) bond motifs is 1. The van der Waals surface area contributed by atoms with Gasteiger partial charge in [-0.25, -0.2) is 4.79 Å². The van der Waals surface area contributed by atoms with Gasteiger partial charge in [0.15, 0.2) is 0 Å². The summed E-state index contributed by atoms with van der Waals surface area (Å²) in [5, 5.41) is 6.80. The van der Waals surface area contributed by atoms with Gasteiger partial charge in [0.05, 0.1) is 30.2 Å². The number of ether oxygens (including phenoxy) is 1. The number of rotatable bonds is 4. The molecule has 4 unspecified atom stereocenters. The summed E-state index contributed by atoms with van der Waals surface area (Å²) in [6, 6.07) is 7.55. The third kappa shape index (κ3) is 3.21. The van der Waals surface area contributed by atoms with Gasteiger partial charge in [-0.3, -0.25) is 20.3 Å². The number of imide groups is 1. The molecule has 2 aliphatic rings. The summed E-state index contributed by atoms with van der Waals surface area (Å²) in [5.41, 5.74) is 1.04. The maximum atomic E-state index is 12.6. The number of nitrogens with zero attached hydrogens (tertiary/aromatic N) is 2. The van der Waals surface area contributed by atoms with Crippen molar-refractivity contribution in [3.05, 3.63) is 29.8 Å². The minimum Gasteiger partial charge on any atom is -0.494 e. The molecule has 136 valence electrons. The lowest BCUT2D eigenvalue weighted by Crippen LogP contribution is -2.72. The van der Waals surface area contributed by atoms with Crippen molar-refractivity contribution in [2.24, 2.45) is 5.92 Å². The third-order valence-corrected chi connectivity index (χ3v) is 5.67. The minimum absolute atomic E-state index is 0.0895. The van der Waals surface area contributed by atoms with Gasteiger partial charge >= 0.3 is 6.03 Å². The molecule has 0 radical (unpaired) electrons. The van der Waals surface area contributed by atoms with Gasteiger partial charge in [-0.1, -0.05) is 12.1 Å². The molecule has 2 fully saturated rings. The average Bonchev–Trinajstić information content (AvgIpc) is 2.64. The Balaban J connectivity index is 1.85. The summed E-state index contributed by atoms with van der Waals surface area (Å²) in [4.78, 5) is 27.7. The van der Waals surface area contributed by atoms with Gasteiger partial charge in [0, 0.05) is 14.1 Å². The first-order valence-corrected chi connectivity index (χ1v) is 9.58. The van der Waals surface area contributed by atoms with Gasteiger partial charge in [0.1, 0.15) is 5.75 Å². The second-order valence-corrected chi connectivity index (χ2v) is 7.17. The van der Waals surface area contributed by atoms with Crippen molar-refractivity contribution >= 4 is 23.7 Å². The molecule has 0 spiro atoms. The van der Waals surface area contributed by atoms with E-state index in [1.165, 1.54) is 11.9 Å². The molecule has 0 aromatic heterocycles. The smallest absolute Gasteiger partial charge is 0.327 e. The number of benzene rings is 1. The van der Waals surface area contributed by atoms with E-state index in [0.29, 0.717) is 6.61 Å². The van der Waals surface area contributed by atoms with Crippen LogP contribution in [0, 0.1) is 5.92 Å². The topological polar surface area (TPSA) is 73.9 Å². The van der Waals surface area contributed by atoms with Crippen molar-refractivity contribution in [1.29, 1.82) is 0 Å². The highest BCUT2D eigenvalue weighted by Crippen LogP contribution is 2.33. The first kappa shape index (κ1) is 18.0. The Hall–Kier alpha value is -1.77. The molecule has 8 heteroatoms. The zero-order chi connectivity index (χ0) is 18.1. The Kier molecular flexibility index (Phi) is 5.21. The normalized spacial score (nSPS) is 29.6. The average molecular weight is 364 g/mol. The summed E-state index contributed by atoms with van der Waals surface area (Å²) in [6.45, 7) is 2.57. The van der Waals surface area contributed by atoms with Crippen LogP contribution in [0.5, 0.6) is 5.75 Å². The van der Waals surface area contributed by atoms with E-state index in [4.69, 9.17) is 4.74 Å². The highest BCUT2D eigenvalue weighted by Gasteiger charge is 2.50. The van der Waals surface area contributed by atoms with Gasteiger partial charge in [0.2, 0.25) is 5.91 Å². The minimum atomic E-state index is -0.341. The number of hydrogen-bond donors (Lipinski definition) is 2. The molecule has 0 saturated carbocycles. The van der Waals surface area contributed by atoms with Crippen LogP contribution < -0.4 is 15.4 Å². The van der Waals surface area contributed by atoms with Crippen LogP contribution in [0.1, 0.15) is 18.7 Å². The maximum absolute atomic E-state index is 12.6. The Bertz CT molecular complexity index is 654.